The van der Waals surface area contributed by atoms with Gasteiger partial charge in [-0.15, -0.1) is 0 Å². The number of aromatic nitrogens is 3. The highest BCUT2D eigenvalue weighted by Crippen LogP contribution is 2.34. The van der Waals surface area contributed by atoms with E-state index in [1.807, 2.05) is 6.33 Å². The summed E-state index contributed by atoms with van der Waals surface area (Å²) < 4.78 is 65.6. The molecule has 0 bridgehead atoms. The van der Waals surface area contributed by atoms with Gasteiger partial charge >= 0.3 is 24.3 Å². The summed E-state index contributed by atoms with van der Waals surface area (Å²) in [5.74, 6) is -2.82. The van der Waals surface area contributed by atoms with Gasteiger partial charge in [-0.1, -0.05) is 19.3 Å². The third-order valence-electron chi connectivity index (χ3n) is 7.85. The number of pyridine rings is 1. The normalized spacial score (nSPS) is 19.2. The second-order valence-electron chi connectivity index (χ2n) is 11.0. The molecule has 0 unspecified atom stereocenters. The van der Waals surface area contributed by atoms with E-state index in [1.54, 1.807) is 0 Å². The molecule has 9 nitrogen and oxygen atoms in total. The summed E-state index contributed by atoms with van der Waals surface area (Å²) in [5, 5.41) is 14.2. The minimum atomic E-state index is -5.08. The van der Waals surface area contributed by atoms with Crippen molar-refractivity contribution in [1.29, 1.82) is 0 Å². The summed E-state index contributed by atoms with van der Waals surface area (Å²) in [5.41, 5.74) is 3.63. The SMILES string of the molecule is Cn1cnc2c(N3CCCC3)nc(C3CCN(CC4CCCCC4)CC3)cc21.O=C(O)C(F)(F)F.O=C(O)C(F)(F)F. The molecule has 42 heavy (non-hydrogen) atoms. The van der Waals surface area contributed by atoms with Crippen LogP contribution in [0.2, 0.25) is 0 Å². The number of fused-ring (bicyclic) bond motifs is 1. The zero-order valence-electron chi connectivity index (χ0n) is 23.4. The summed E-state index contributed by atoms with van der Waals surface area (Å²) in [6.45, 7) is 6.07. The van der Waals surface area contributed by atoms with Gasteiger partial charge in [0.25, 0.3) is 0 Å². The number of likely N-dealkylation sites (tertiary alicyclic amines) is 1. The summed E-state index contributed by atoms with van der Waals surface area (Å²) in [6.07, 6.45) is 4.12. The number of hydrogen-bond acceptors (Lipinski definition) is 6. The first kappa shape index (κ1) is 33.4. The van der Waals surface area contributed by atoms with Gasteiger partial charge in [0.15, 0.2) is 5.82 Å². The number of piperidine rings is 1. The molecule has 2 saturated heterocycles. The lowest BCUT2D eigenvalue weighted by atomic mass is 9.87. The number of carboxylic acid groups (broad SMARTS) is 2. The van der Waals surface area contributed by atoms with Gasteiger partial charge in [-0.05, 0) is 63.6 Å². The van der Waals surface area contributed by atoms with Gasteiger partial charge in [0, 0.05) is 38.3 Å². The minimum Gasteiger partial charge on any atom is -0.475 e. The fourth-order valence-corrected chi connectivity index (χ4v) is 5.63. The molecule has 3 fully saturated rings. The number of halogens is 6. The number of anilines is 1. The van der Waals surface area contributed by atoms with E-state index in [1.165, 1.54) is 88.6 Å². The molecule has 0 aromatic carbocycles. The summed E-state index contributed by atoms with van der Waals surface area (Å²) in [6, 6.07) is 2.32. The van der Waals surface area contributed by atoms with E-state index >= 15 is 0 Å². The zero-order valence-corrected chi connectivity index (χ0v) is 23.4. The number of carbonyl (C=O) groups is 2. The molecule has 0 atom stereocenters. The number of alkyl halides is 6. The predicted molar refractivity (Wildman–Crippen MR) is 142 cm³/mol. The Morgan fingerprint density at radius 3 is 1.88 bits per heavy atom. The molecule has 15 heteroatoms. The maximum absolute atomic E-state index is 10.6. The van der Waals surface area contributed by atoms with Crippen LogP contribution in [0.5, 0.6) is 0 Å². The van der Waals surface area contributed by atoms with Crippen LogP contribution in [0.15, 0.2) is 12.4 Å². The van der Waals surface area contributed by atoms with Crippen LogP contribution < -0.4 is 4.90 Å². The topological polar surface area (TPSA) is 112 Å². The quantitative estimate of drug-likeness (QED) is 0.432. The molecule has 236 valence electrons. The van der Waals surface area contributed by atoms with Crippen molar-refractivity contribution in [2.45, 2.75) is 76.1 Å². The lowest BCUT2D eigenvalue weighted by Crippen LogP contribution is -2.37. The Labute approximate surface area is 239 Å². The maximum atomic E-state index is 10.6. The van der Waals surface area contributed by atoms with E-state index < -0.39 is 24.3 Å². The third-order valence-corrected chi connectivity index (χ3v) is 7.85. The molecule has 1 saturated carbocycles. The van der Waals surface area contributed by atoms with E-state index in [9.17, 15) is 26.3 Å². The number of hydrogen-bond donors (Lipinski definition) is 2. The molecule has 2 aliphatic heterocycles. The van der Waals surface area contributed by atoms with Crippen molar-refractivity contribution in [3.8, 4) is 0 Å². The van der Waals surface area contributed by atoms with Crippen molar-refractivity contribution in [2.75, 3.05) is 37.6 Å². The third kappa shape index (κ3) is 9.46. The van der Waals surface area contributed by atoms with Gasteiger partial charge in [-0.2, -0.15) is 26.3 Å². The van der Waals surface area contributed by atoms with Crippen LogP contribution in [0, 0.1) is 5.92 Å². The highest BCUT2D eigenvalue weighted by molar-refractivity contribution is 5.87. The molecule has 5 rings (SSSR count). The molecular weight excluding hydrogens is 572 g/mol. The molecule has 2 N–H and O–H groups in total. The van der Waals surface area contributed by atoms with Crippen molar-refractivity contribution >= 4 is 28.8 Å². The average Bonchev–Trinajstić information content (AvgIpc) is 3.59. The predicted octanol–water partition coefficient (Wildman–Crippen LogP) is 5.59. The number of aliphatic carboxylic acids is 2. The molecular formula is C27H37F6N5O4. The Balaban J connectivity index is 0.000000289. The molecule has 2 aromatic rings. The monoisotopic (exact) mass is 609 g/mol. The van der Waals surface area contributed by atoms with E-state index in [2.05, 4.69) is 32.5 Å². The van der Waals surface area contributed by atoms with E-state index in [0.717, 1.165) is 30.3 Å². The second-order valence-corrected chi connectivity index (χ2v) is 11.0. The standard InChI is InChI=1S/C23H35N5.2C2HF3O2/c1-26-17-24-22-21(26)15-20(25-23(22)28-11-5-6-12-28)19-9-13-27(14-10-19)16-18-7-3-2-4-8-18;2*3-2(4,5)1(6)7/h15,17-19H,2-14,16H2,1H3;2*(H,6,7). The fraction of sp³-hybridized carbons (Fsp3) is 0.704. The first-order valence-electron chi connectivity index (χ1n) is 14.1. The Morgan fingerprint density at radius 1 is 0.857 bits per heavy atom. The zero-order chi connectivity index (χ0) is 31.1. The summed E-state index contributed by atoms with van der Waals surface area (Å²) in [4.78, 5) is 32.8. The van der Waals surface area contributed by atoms with Gasteiger partial charge in [0.2, 0.25) is 0 Å². The Bertz CT molecular complexity index is 1160. The number of carboxylic acids is 2. The molecule has 2 aromatic heterocycles. The van der Waals surface area contributed by atoms with Crippen molar-refractivity contribution in [3.05, 3.63) is 18.1 Å². The molecule has 0 spiro atoms. The van der Waals surface area contributed by atoms with Crippen LogP contribution in [-0.4, -0.2) is 86.7 Å². The van der Waals surface area contributed by atoms with Gasteiger partial charge in [0.05, 0.1) is 11.8 Å². The lowest BCUT2D eigenvalue weighted by molar-refractivity contribution is -0.193. The Hall–Kier alpha value is -3.10. The van der Waals surface area contributed by atoms with Crippen LogP contribution in [0.1, 0.15) is 69.4 Å². The smallest absolute Gasteiger partial charge is 0.475 e. The van der Waals surface area contributed by atoms with Crippen LogP contribution in [0.25, 0.3) is 11.0 Å². The molecule has 3 aliphatic rings. The second kappa shape index (κ2) is 14.4. The summed E-state index contributed by atoms with van der Waals surface area (Å²) in [7, 11) is 2.11. The van der Waals surface area contributed by atoms with Crippen LogP contribution >= 0.6 is 0 Å². The Morgan fingerprint density at radius 2 is 1.38 bits per heavy atom. The highest BCUT2D eigenvalue weighted by atomic mass is 19.4. The molecule has 0 amide bonds. The average molecular weight is 610 g/mol. The molecule has 4 heterocycles. The van der Waals surface area contributed by atoms with E-state index in [4.69, 9.17) is 24.8 Å². The number of imidazole rings is 1. The molecule has 0 radical (unpaired) electrons. The first-order chi connectivity index (χ1) is 19.7. The van der Waals surface area contributed by atoms with E-state index in [-0.39, 0.29) is 0 Å². The van der Waals surface area contributed by atoms with Crippen molar-refractivity contribution in [2.24, 2.45) is 13.0 Å². The van der Waals surface area contributed by atoms with Gasteiger partial charge in [0.1, 0.15) is 5.52 Å². The lowest BCUT2D eigenvalue weighted by Gasteiger charge is -2.35. The summed E-state index contributed by atoms with van der Waals surface area (Å²) >= 11 is 0. The largest absolute Gasteiger partial charge is 0.490 e. The fourth-order valence-electron chi connectivity index (χ4n) is 5.63. The maximum Gasteiger partial charge on any atom is 0.490 e. The van der Waals surface area contributed by atoms with Crippen LogP contribution in [-0.2, 0) is 16.6 Å². The van der Waals surface area contributed by atoms with Crippen molar-refractivity contribution < 1.29 is 46.1 Å². The van der Waals surface area contributed by atoms with Gasteiger partial charge in [-0.3, -0.25) is 0 Å². The minimum absolute atomic E-state index is 0.600. The molecule has 1 aliphatic carbocycles. The van der Waals surface area contributed by atoms with Crippen LogP contribution in [0.4, 0.5) is 32.2 Å². The highest BCUT2D eigenvalue weighted by Gasteiger charge is 2.39. The van der Waals surface area contributed by atoms with Crippen molar-refractivity contribution in [1.82, 2.24) is 19.4 Å². The number of rotatable bonds is 4. The van der Waals surface area contributed by atoms with Gasteiger partial charge < -0.3 is 24.6 Å². The Kier molecular flexibility index (Phi) is 11.4. The van der Waals surface area contributed by atoms with Crippen LogP contribution in [0.3, 0.4) is 0 Å². The van der Waals surface area contributed by atoms with Crippen molar-refractivity contribution in [3.63, 3.8) is 0 Å². The van der Waals surface area contributed by atoms with E-state index in [0.29, 0.717) is 5.92 Å². The number of aryl methyl sites for hydroxylation is 1. The first-order valence-corrected chi connectivity index (χ1v) is 14.1. The van der Waals surface area contributed by atoms with Gasteiger partial charge in [-0.25, -0.2) is 19.6 Å². The number of nitrogens with zero attached hydrogens (tertiary/aromatic N) is 5.